The third-order valence-corrected chi connectivity index (χ3v) is 6.09. The molecule has 0 spiro atoms. The molecule has 5 heteroatoms. The highest BCUT2D eigenvalue weighted by Crippen LogP contribution is 2.43. The number of benzene rings is 1. The van der Waals surface area contributed by atoms with E-state index in [4.69, 9.17) is 0 Å². The van der Waals surface area contributed by atoms with E-state index in [-0.39, 0.29) is 11.9 Å². The van der Waals surface area contributed by atoms with Gasteiger partial charge in [0.05, 0.1) is 0 Å². The van der Waals surface area contributed by atoms with Gasteiger partial charge in [0.25, 0.3) is 5.91 Å². The van der Waals surface area contributed by atoms with Crippen LogP contribution < -0.4 is 5.32 Å². The highest BCUT2D eigenvalue weighted by Gasteiger charge is 2.43. The van der Waals surface area contributed by atoms with Gasteiger partial charge in [0.15, 0.2) is 5.17 Å². The Balaban J connectivity index is 1.75. The van der Waals surface area contributed by atoms with Crippen molar-refractivity contribution < 1.29 is 4.79 Å². The first kappa shape index (κ1) is 15.8. The van der Waals surface area contributed by atoms with Crippen molar-refractivity contribution in [3.8, 4) is 0 Å². The maximum atomic E-state index is 12.4. The average Bonchev–Trinajstić information content (AvgIpc) is 2.78. The van der Waals surface area contributed by atoms with Crippen LogP contribution in [0.1, 0.15) is 38.2 Å². The minimum atomic E-state index is -0.640. The zero-order valence-corrected chi connectivity index (χ0v) is 15.0. The van der Waals surface area contributed by atoms with Crippen LogP contribution in [0.4, 0.5) is 0 Å². The monoisotopic (exact) mass is 378 g/mol. The Kier molecular flexibility index (Phi) is 4.46. The van der Waals surface area contributed by atoms with Gasteiger partial charge < -0.3 is 5.32 Å². The molecule has 3 rings (SSSR count). The van der Waals surface area contributed by atoms with E-state index in [1.54, 1.807) is 0 Å². The molecule has 0 saturated heterocycles. The summed E-state index contributed by atoms with van der Waals surface area (Å²) in [6, 6.07) is 8.13. The molecule has 1 heterocycles. The van der Waals surface area contributed by atoms with E-state index < -0.39 is 4.75 Å². The Labute approximate surface area is 143 Å². The van der Waals surface area contributed by atoms with E-state index >= 15 is 0 Å². The van der Waals surface area contributed by atoms with Crippen LogP contribution in [0.15, 0.2) is 45.9 Å². The lowest BCUT2D eigenvalue weighted by Gasteiger charge is -2.27. The molecule has 1 aliphatic carbocycles. The number of amidine groups is 1. The molecule has 1 saturated carbocycles. The number of rotatable bonds is 2. The second-order valence-electron chi connectivity index (χ2n) is 5.97. The summed E-state index contributed by atoms with van der Waals surface area (Å²) < 4.78 is 0.368. The fourth-order valence-electron chi connectivity index (χ4n) is 2.87. The third-order valence-electron chi connectivity index (χ3n) is 4.34. The smallest absolute Gasteiger partial charge is 0.268 e. The van der Waals surface area contributed by atoms with Crippen LogP contribution >= 0.6 is 27.7 Å². The van der Waals surface area contributed by atoms with Crippen molar-refractivity contribution in [1.82, 2.24) is 5.32 Å². The van der Waals surface area contributed by atoms with E-state index in [0.29, 0.717) is 0 Å². The van der Waals surface area contributed by atoms with Gasteiger partial charge in [-0.3, -0.25) is 4.79 Å². The molecule has 0 bridgehead atoms. The Morgan fingerprint density at radius 3 is 2.77 bits per heavy atom. The molecule has 0 aromatic heterocycles. The van der Waals surface area contributed by atoms with Gasteiger partial charge >= 0.3 is 0 Å². The summed E-state index contributed by atoms with van der Waals surface area (Å²) in [4.78, 5) is 16.7. The number of nitrogens with one attached hydrogen (secondary N) is 1. The fraction of sp³-hybridized carbons (Fsp3) is 0.412. The molecule has 116 valence electrons. The van der Waals surface area contributed by atoms with Crippen LogP contribution in [-0.4, -0.2) is 17.1 Å². The zero-order chi connectivity index (χ0) is 15.7. The van der Waals surface area contributed by atoms with Crippen molar-refractivity contribution in [2.45, 2.75) is 43.4 Å². The topological polar surface area (TPSA) is 41.5 Å². The minimum Gasteiger partial charge on any atom is -0.358 e. The normalized spacial score (nSPS) is 28.6. The lowest BCUT2D eigenvalue weighted by molar-refractivity contribution is -0.119. The predicted octanol–water partition coefficient (Wildman–Crippen LogP) is 4.38. The minimum absolute atomic E-state index is 0.0938. The van der Waals surface area contributed by atoms with Crippen LogP contribution in [-0.2, 0) is 9.54 Å². The van der Waals surface area contributed by atoms with Gasteiger partial charge in [0.2, 0.25) is 0 Å². The molecule has 2 atom stereocenters. The number of hydrogen-bond acceptors (Lipinski definition) is 3. The predicted molar refractivity (Wildman–Crippen MR) is 96.1 cm³/mol. The first-order valence-electron chi connectivity index (χ1n) is 7.51. The van der Waals surface area contributed by atoms with Gasteiger partial charge in [-0.25, -0.2) is 0 Å². The van der Waals surface area contributed by atoms with Gasteiger partial charge in [0, 0.05) is 10.5 Å². The van der Waals surface area contributed by atoms with Crippen LogP contribution in [0.3, 0.4) is 0 Å². The third kappa shape index (κ3) is 3.01. The van der Waals surface area contributed by atoms with Gasteiger partial charge in [-0.1, -0.05) is 58.4 Å². The molecule has 2 aliphatic rings. The fourth-order valence-corrected chi connectivity index (χ4v) is 4.24. The molecule has 1 amide bonds. The Hall–Kier alpha value is -1.07. The SMILES string of the molecule is C=C1CCCCC1NC1=NC(=O)C(C)(c2ccc(Br)cc2)S1. The second-order valence-corrected chi connectivity index (χ2v) is 8.29. The summed E-state index contributed by atoms with van der Waals surface area (Å²) in [6.07, 6.45) is 4.55. The lowest BCUT2D eigenvalue weighted by atomic mass is 9.91. The van der Waals surface area contributed by atoms with Gasteiger partial charge in [-0.2, -0.15) is 4.99 Å². The summed E-state index contributed by atoms with van der Waals surface area (Å²) in [5, 5.41) is 4.14. The summed E-state index contributed by atoms with van der Waals surface area (Å²) in [6.45, 7) is 6.09. The number of carbonyl (C=O) groups excluding carboxylic acids is 1. The van der Waals surface area contributed by atoms with E-state index in [0.717, 1.165) is 28.0 Å². The molecule has 2 unspecified atom stereocenters. The van der Waals surface area contributed by atoms with Crippen molar-refractivity contribution in [2.24, 2.45) is 4.99 Å². The number of halogens is 1. The summed E-state index contributed by atoms with van der Waals surface area (Å²) in [5.74, 6) is -0.0938. The van der Waals surface area contributed by atoms with Crippen LogP contribution in [0.25, 0.3) is 0 Å². The lowest BCUT2D eigenvalue weighted by Crippen LogP contribution is -2.36. The molecule has 1 aliphatic heterocycles. The number of aliphatic imine (C=N–C) groups is 1. The molecular weight excluding hydrogens is 360 g/mol. The van der Waals surface area contributed by atoms with Crippen molar-refractivity contribution >= 4 is 38.8 Å². The molecule has 1 fully saturated rings. The van der Waals surface area contributed by atoms with E-state index in [1.807, 2.05) is 31.2 Å². The molecule has 22 heavy (non-hydrogen) atoms. The molecular formula is C17H19BrN2OS. The quantitative estimate of drug-likeness (QED) is 0.776. The summed E-state index contributed by atoms with van der Waals surface area (Å²) in [7, 11) is 0. The van der Waals surface area contributed by atoms with Gasteiger partial charge in [0.1, 0.15) is 4.75 Å². The van der Waals surface area contributed by atoms with Crippen molar-refractivity contribution in [3.05, 3.63) is 46.5 Å². The van der Waals surface area contributed by atoms with Gasteiger partial charge in [-0.15, -0.1) is 0 Å². The van der Waals surface area contributed by atoms with Crippen molar-refractivity contribution in [3.63, 3.8) is 0 Å². The van der Waals surface area contributed by atoms with Gasteiger partial charge in [-0.05, 0) is 43.9 Å². The molecule has 1 N–H and O–H groups in total. The Bertz CT molecular complexity index is 641. The maximum Gasteiger partial charge on any atom is 0.268 e. The highest BCUT2D eigenvalue weighted by atomic mass is 79.9. The number of nitrogens with zero attached hydrogens (tertiary/aromatic N) is 1. The number of hydrogen-bond donors (Lipinski definition) is 1. The van der Waals surface area contributed by atoms with Crippen molar-refractivity contribution in [1.29, 1.82) is 0 Å². The number of carbonyl (C=O) groups is 1. The first-order chi connectivity index (χ1) is 10.5. The summed E-state index contributed by atoms with van der Waals surface area (Å²) >= 11 is 4.94. The standard InChI is InChI=1S/C17H19BrN2OS/c1-11-5-3-4-6-14(11)19-16-20-15(21)17(2,22-16)12-7-9-13(18)10-8-12/h7-10,14H,1,3-6H2,2H3,(H,19,20,21). The maximum absolute atomic E-state index is 12.4. The molecule has 3 nitrogen and oxygen atoms in total. The van der Waals surface area contributed by atoms with E-state index in [1.165, 1.54) is 30.2 Å². The highest BCUT2D eigenvalue weighted by molar-refractivity contribution is 9.10. The molecule has 1 aromatic rings. The summed E-state index contributed by atoms with van der Waals surface area (Å²) in [5.41, 5.74) is 2.20. The Morgan fingerprint density at radius 1 is 1.36 bits per heavy atom. The van der Waals surface area contributed by atoms with Crippen molar-refractivity contribution in [2.75, 3.05) is 0 Å². The molecule has 0 radical (unpaired) electrons. The van der Waals surface area contributed by atoms with Crippen LogP contribution in [0.5, 0.6) is 0 Å². The number of amides is 1. The van der Waals surface area contributed by atoms with E-state index in [9.17, 15) is 4.79 Å². The molecule has 1 aromatic carbocycles. The van der Waals surface area contributed by atoms with E-state index in [2.05, 4.69) is 32.8 Å². The van der Waals surface area contributed by atoms with Crippen LogP contribution in [0, 0.1) is 0 Å². The average molecular weight is 379 g/mol. The first-order valence-corrected chi connectivity index (χ1v) is 9.12. The van der Waals surface area contributed by atoms with Crippen LogP contribution in [0.2, 0.25) is 0 Å². The zero-order valence-electron chi connectivity index (χ0n) is 12.6. The largest absolute Gasteiger partial charge is 0.358 e. The second kappa shape index (κ2) is 6.20. The Morgan fingerprint density at radius 2 is 2.09 bits per heavy atom. The number of thioether (sulfide) groups is 1.